The van der Waals surface area contributed by atoms with Crippen molar-refractivity contribution in [2.75, 3.05) is 7.05 Å². The first-order chi connectivity index (χ1) is 9.20. The van der Waals surface area contributed by atoms with Gasteiger partial charge in [0, 0.05) is 13.3 Å². The average Bonchev–Trinajstić information content (AvgIpc) is 2.41. The summed E-state index contributed by atoms with van der Waals surface area (Å²) in [4.78, 5) is 15.3. The summed E-state index contributed by atoms with van der Waals surface area (Å²) in [5.41, 5.74) is 0. The van der Waals surface area contributed by atoms with Crippen LogP contribution in [0.5, 0.6) is 0 Å². The van der Waals surface area contributed by atoms with Crippen molar-refractivity contribution in [3.63, 3.8) is 0 Å². The van der Waals surface area contributed by atoms with Crippen LogP contribution in [0.4, 0.5) is 4.79 Å². The van der Waals surface area contributed by atoms with E-state index in [0.29, 0.717) is 5.92 Å². The lowest BCUT2D eigenvalue weighted by molar-refractivity contribution is 0.153. The Morgan fingerprint density at radius 3 is 2.32 bits per heavy atom. The monoisotopic (exact) mass is 270 g/mol. The Morgan fingerprint density at radius 1 is 1.16 bits per heavy atom. The van der Waals surface area contributed by atoms with E-state index in [4.69, 9.17) is 0 Å². The molecule has 0 fully saturated rings. The molecule has 0 saturated heterocycles. The summed E-state index contributed by atoms with van der Waals surface area (Å²) in [5.74, 6) is 0.366. The standard InChI is InChI=1S/C15H30N2O2/c1-4-5-6-7-8-9-10-11-12-14(2)13-17-19-15(18)16-3/h13-14H,4-12H2,1-3H3,(H,16,18)/b17-13+. The van der Waals surface area contributed by atoms with Crippen LogP contribution in [0.15, 0.2) is 5.16 Å². The molecule has 0 spiro atoms. The molecule has 0 saturated carbocycles. The molecular formula is C15H30N2O2. The Bertz CT molecular complexity index is 242. The lowest BCUT2D eigenvalue weighted by Gasteiger charge is -2.05. The highest BCUT2D eigenvalue weighted by Gasteiger charge is 2.00. The predicted molar refractivity (Wildman–Crippen MR) is 80.4 cm³/mol. The van der Waals surface area contributed by atoms with Crippen LogP contribution in [0.25, 0.3) is 0 Å². The fourth-order valence-electron chi connectivity index (χ4n) is 1.90. The van der Waals surface area contributed by atoms with E-state index in [1.54, 1.807) is 6.21 Å². The number of oxime groups is 1. The summed E-state index contributed by atoms with van der Waals surface area (Å²) >= 11 is 0. The number of nitrogens with zero attached hydrogens (tertiary/aromatic N) is 1. The summed E-state index contributed by atoms with van der Waals surface area (Å²) in [6.07, 6.45) is 13.0. The minimum Gasteiger partial charge on any atom is -0.323 e. The molecule has 0 aromatic heterocycles. The first-order valence-electron chi connectivity index (χ1n) is 7.63. The zero-order valence-corrected chi connectivity index (χ0v) is 12.8. The lowest BCUT2D eigenvalue weighted by Crippen LogP contribution is -2.16. The topological polar surface area (TPSA) is 50.7 Å². The number of carbonyl (C=O) groups is 1. The molecule has 0 aliphatic heterocycles. The number of carbonyl (C=O) groups excluding carboxylic acids is 1. The van der Waals surface area contributed by atoms with Gasteiger partial charge >= 0.3 is 6.09 Å². The Morgan fingerprint density at radius 2 is 1.74 bits per heavy atom. The Hall–Kier alpha value is -1.06. The van der Waals surface area contributed by atoms with Gasteiger partial charge in [-0.15, -0.1) is 0 Å². The van der Waals surface area contributed by atoms with E-state index >= 15 is 0 Å². The first kappa shape index (κ1) is 17.9. The molecule has 1 atom stereocenters. The van der Waals surface area contributed by atoms with Gasteiger partial charge in [0.05, 0.1) is 0 Å². The molecule has 1 unspecified atom stereocenters. The number of unbranched alkanes of at least 4 members (excludes halogenated alkanes) is 7. The molecule has 0 aliphatic carbocycles. The van der Waals surface area contributed by atoms with Gasteiger partial charge in [-0.2, -0.15) is 0 Å². The van der Waals surface area contributed by atoms with Crippen molar-refractivity contribution < 1.29 is 9.63 Å². The summed E-state index contributed by atoms with van der Waals surface area (Å²) in [5, 5.41) is 6.00. The third-order valence-electron chi connectivity index (χ3n) is 3.17. The second kappa shape index (κ2) is 13.4. The van der Waals surface area contributed by atoms with E-state index in [0.717, 1.165) is 6.42 Å². The molecule has 0 rings (SSSR count). The van der Waals surface area contributed by atoms with Crippen LogP contribution in [0.1, 0.15) is 71.6 Å². The van der Waals surface area contributed by atoms with Crippen LogP contribution < -0.4 is 5.32 Å². The third kappa shape index (κ3) is 13.2. The SMILES string of the molecule is CCCCCCCCCCC(C)/C=N/OC(=O)NC. The molecule has 1 amide bonds. The van der Waals surface area contributed by atoms with Crippen molar-refractivity contribution in [1.82, 2.24) is 5.32 Å². The molecule has 0 aromatic rings. The molecular weight excluding hydrogens is 240 g/mol. The van der Waals surface area contributed by atoms with Gasteiger partial charge in [-0.05, 0) is 12.3 Å². The molecule has 4 heteroatoms. The molecule has 0 aromatic carbocycles. The number of nitrogens with one attached hydrogen (secondary N) is 1. The molecule has 19 heavy (non-hydrogen) atoms. The number of amides is 1. The van der Waals surface area contributed by atoms with E-state index in [1.807, 2.05) is 0 Å². The van der Waals surface area contributed by atoms with Crippen LogP contribution in [-0.2, 0) is 4.84 Å². The molecule has 112 valence electrons. The van der Waals surface area contributed by atoms with E-state index < -0.39 is 6.09 Å². The van der Waals surface area contributed by atoms with Crippen LogP contribution >= 0.6 is 0 Å². The minimum absolute atomic E-state index is 0.366. The van der Waals surface area contributed by atoms with Crippen molar-refractivity contribution in [2.24, 2.45) is 11.1 Å². The Kier molecular flexibility index (Phi) is 12.6. The highest BCUT2D eigenvalue weighted by atomic mass is 16.7. The number of rotatable bonds is 11. The maximum absolute atomic E-state index is 10.8. The van der Waals surface area contributed by atoms with Gasteiger partial charge < -0.3 is 5.32 Å². The molecule has 0 aliphatic rings. The first-order valence-corrected chi connectivity index (χ1v) is 7.63. The van der Waals surface area contributed by atoms with Crippen LogP contribution in [0.2, 0.25) is 0 Å². The highest BCUT2D eigenvalue weighted by molar-refractivity contribution is 5.68. The van der Waals surface area contributed by atoms with E-state index in [9.17, 15) is 4.79 Å². The van der Waals surface area contributed by atoms with Gasteiger partial charge in [-0.3, -0.25) is 4.84 Å². The smallest absolute Gasteiger partial charge is 0.323 e. The van der Waals surface area contributed by atoms with Crippen molar-refractivity contribution in [1.29, 1.82) is 0 Å². The second-order valence-electron chi connectivity index (χ2n) is 5.12. The van der Waals surface area contributed by atoms with E-state index in [1.165, 1.54) is 58.4 Å². The summed E-state index contributed by atoms with van der Waals surface area (Å²) in [7, 11) is 1.52. The minimum atomic E-state index is -0.518. The fourth-order valence-corrected chi connectivity index (χ4v) is 1.90. The highest BCUT2D eigenvalue weighted by Crippen LogP contribution is 2.12. The predicted octanol–water partition coefficient (Wildman–Crippen LogP) is 4.50. The molecule has 1 N–H and O–H groups in total. The van der Waals surface area contributed by atoms with E-state index in [2.05, 4.69) is 29.2 Å². The van der Waals surface area contributed by atoms with Gasteiger partial charge in [0.2, 0.25) is 0 Å². The lowest BCUT2D eigenvalue weighted by atomic mass is 10.0. The summed E-state index contributed by atoms with van der Waals surface area (Å²) in [6, 6.07) is 0. The summed E-state index contributed by atoms with van der Waals surface area (Å²) < 4.78 is 0. The van der Waals surface area contributed by atoms with Gasteiger partial charge in [0.1, 0.15) is 0 Å². The largest absolute Gasteiger partial charge is 0.433 e. The quantitative estimate of drug-likeness (QED) is 0.260. The van der Waals surface area contributed by atoms with Gasteiger partial charge in [-0.1, -0.05) is 70.4 Å². The van der Waals surface area contributed by atoms with E-state index in [-0.39, 0.29) is 0 Å². The van der Waals surface area contributed by atoms with Crippen LogP contribution in [0, 0.1) is 5.92 Å². The third-order valence-corrected chi connectivity index (χ3v) is 3.17. The van der Waals surface area contributed by atoms with Gasteiger partial charge in [0.25, 0.3) is 0 Å². The average molecular weight is 270 g/mol. The maximum atomic E-state index is 10.8. The van der Waals surface area contributed by atoms with Gasteiger partial charge in [0.15, 0.2) is 0 Å². The fraction of sp³-hybridized carbons (Fsp3) is 0.867. The van der Waals surface area contributed by atoms with Crippen LogP contribution in [0.3, 0.4) is 0 Å². The van der Waals surface area contributed by atoms with Crippen molar-refractivity contribution in [3.8, 4) is 0 Å². The van der Waals surface area contributed by atoms with Crippen molar-refractivity contribution >= 4 is 12.3 Å². The van der Waals surface area contributed by atoms with Gasteiger partial charge in [-0.25, -0.2) is 4.79 Å². The summed E-state index contributed by atoms with van der Waals surface area (Å²) in [6.45, 7) is 4.34. The zero-order chi connectivity index (χ0) is 14.3. The Balaban J connectivity index is 3.33. The second-order valence-corrected chi connectivity index (χ2v) is 5.12. The van der Waals surface area contributed by atoms with Crippen molar-refractivity contribution in [2.45, 2.75) is 71.6 Å². The molecule has 0 bridgehead atoms. The Labute approximate surface area is 118 Å². The number of hydrogen-bond donors (Lipinski definition) is 1. The number of hydrogen-bond acceptors (Lipinski definition) is 3. The van der Waals surface area contributed by atoms with Crippen LogP contribution in [-0.4, -0.2) is 19.4 Å². The van der Waals surface area contributed by atoms with Crippen molar-refractivity contribution in [3.05, 3.63) is 0 Å². The molecule has 0 radical (unpaired) electrons. The normalized spacial score (nSPS) is 12.6. The molecule has 0 heterocycles. The molecule has 4 nitrogen and oxygen atoms in total. The maximum Gasteiger partial charge on any atom is 0.433 e. The zero-order valence-electron chi connectivity index (χ0n) is 12.8.